The number of ether oxygens (including phenoxy) is 2. The SMILES string of the molecule is COc1cc(OC)cc(C(=O)N/N=C(\C)CC(=O)Nc2ccccc2F)c1. The molecule has 0 unspecified atom stereocenters. The van der Waals surface area contributed by atoms with Crippen LogP contribution in [-0.2, 0) is 4.79 Å². The van der Waals surface area contributed by atoms with Gasteiger partial charge in [0.15, 0.2) is 0 Å². The maximum absolute atomic E-state index is 13.5. The molecule has 0 spiro atoms. The Balaban J connectivity index is 1.97. The number of carbonyl (C=O) groups excluding carboxylic acids is 2. The van der Waals surface area contributed by atoms with E-state index in [1.165, 1.54) is 44.6 Å². The number of rotatable bonds is 7. The van der Waals surface area contributed by atoms with Crippen molar-refractivity contribution in [1.29, 1.82) is 0 Å². The molecule has 0 saturated carbocycles. The molecule has 2 rings (SSSR count). The third-order valence-electron chi connectivity index (χ3n) is 3.53. The number of carbonyl (C=O) groups is 2. The molecule has 0 fully saturated rings. The number of para-hydroxylation sites is 1. The molecule has 0 saturated heterocycles. The van der Waals surface area contributed by atoms with Gasteiger partial charge in [0, 0.05) is 17.3 Å². The molecule has 7 nitrogen and oxygen atoms in total. The smallest absolute Gasteiger partial charge is 0.271 e. The summed E-state index contributed by atoms with van der Waals surface area (Å²) in [5, 5.41) is 6.35. The summed E-state index contributed by atoms with van der Waals surface area (Å²) in [5.41, 5.74) is 3.10. The van der Waals surface area contributed by atoms with Crippen molar-refractivity contribution in [2.45, 2.75) is 13.3 Å². The van der Waals surface area contributed by atoms with E-state index in [-0.39, 0.29) is 12.1 Å². The highest BCUT2D eigenvalue weighted by Gasteiger charge is 2.11. The lowest BCUT2D eigenvalue weighted by Gasteiger charge is -2.08. The van der Waals surface area contributed by atoms with Gasteiger partial charge in [0.25, 0.3) is 5.91 Å². The minimum Gasteiger partial charge on any atom is -0.497 e. The van der Waals surface area contributed by atoms with Crippen LogP contribution in [0, 0.1) is 5.82 Å². The van der Waals surface area contributed by atoms with Crippen LogP contribution in [0.1, 0.15) is 23.7 Å². The average Bonchev–Trinajstić information content (AvgIpc) is 2.67. The highest BCUT2D eigenvalue weighted by molar-refractivity contribution is 6.06. The van der Waals surface area contributed by atoms with Gasteiger partial charge in [-0.05, 0) is 31.2 Å². The van der Waals surface area contributed by atoms with Crippen molar-refractivity contribution in [2.24, 2.45) is 5.10 Å². The normalized spacial score (nSPS) is 10.9. The number of amides is 2. The first-order valence-electron chi connectivity index (χ1n) is 8.04. The molecule has 2 aromatic rings. The van der Waals surface area contributed by atoms with E-state index in [4.69, 9.17) is 9.47 Å². The summed E-state index contributed by atoms with van der Waals surface area (Å²) in [7, 11) is 2.96. The Morgan fingerprint density at radius 2 is 1.70 bits per heavy atom. The Morgan fingerprint density at radius 1 is 1.07 bits per heavy atom. The van der Waals surface area contributed by atoms with E-state index in [1.807, 2.05) is 0 Å². The number of nitrogens with one attached hydrogen (secondary N) is 2. The second kappa shape index (κ2) is 9.33. The zero-order valence-corrected chi connectivity index (χ0v) is 15.2. The quantitative estimate of drug-likeness (QED) is 0.577. The number of benzene rings is 2. The summed E-state index contributed by atoms with van der Waals surface area (Å²) in [6, 6.07) is 10.6. The van der Waals surface area contributed by atoms with Crippen LogP contribution in [0.25, 0.3) is 0 Å². The zero-order valence-electron chi connectivity index (χ0n) is 15.2. The molecule has 2 aromatic carbocycles. The van der Waals surface area contributed by atoms with Gasteiger partial charge >= 0.3 is 0 Å². The number of hydrazone groups is 1. The van der Waals surface area contributed by atoms with Gasteiger partial charge in [-0.2, -0.15) is 5.10 Å². The molecule has 2 N–H and O–H groups in total. The van der Waals surface area contributed by atoms with E-state index in [9.17, 15) is 14.0 Å². The van der Waals surface area contributed by atoms with Crippen LogP contribution in [0.3, 0.4) is 0 Å². The summed E-state index contributed by atoms with van der Waals surface area (Å²) in [5.74, 6) is -0.533. The van der Waals surface area contributed by atoms with Crippen LogP contribution in [0.4, 0.5) is 10.1 Å². The molecule has 0 atom stereocenters. The fourth-order valence-corrected chi connectivity index (χ4v) is 2.18. The van der Waals surface area contributed by atoms with Crippen LogP contribution in [0.2, 0.25) is 0 Å². The van der Waals surface area contributed by atoms with Gasteiger partial charge in [0.1, 0.15) is 17.3 Å². The zero-order chi connectivity index (χ0) is 19.8. The van der Waals surface area contributed by atoms with Gasteiger partial charge in [0.2, 0.25) is 5.91 Å². The molecule has 0 radical (unpaired) electrons. The summed E-state index contributed by atoms with van der Waals surface area (Å²) >= 11 is 0. The van der Waals surface area contributed by atoms with Crippen molar-refractivity contribution in [3.05, 3.63) is 53.8 Å². The third-order valence-corrected chi connectivity index (χ3v) is 3.53. The van der Waals surface area contributed by atoms with E-state index in [1.54, 1.807) is 19.1 Å². The number of hydrogen-bond acceptors (Lipinski definition) is 5. The van der Waals surface area contributed by atoms with Gasteiger partial charge in [-0.3, -0.25) is 9.59 Å². The molecule has 8 heteroatoms. The summed E-state index contributed by atoms with van der Waals surface area (Å²) in [6.07, 6.45) is -0.101. The predicted octanol–water partition coefficient (Wildman–Crippen LogP) is 2.98. The molecule has 0 aromatic heterocycles. The minimum atomic E-state index is -0.527. The maximum Gasteiger partial charge on any atom is 0.271 e. The Bertz CT molecular complexity index is 846. The van der Waals surface area contributed by atoms with Gasteiger partial charge < -0.3 is 14.8 Å². The first kappa shape index (κ1) is 19.9. The first-order chi connectivity index (χ1) is 12.9. The fraction of sp³-hybridized carbons (Fsp3) is 0.211. The molecule has 0 aliphatic rings. The van der Waals surface area contributed by atoms with Gasteiger partial charge in [-0.25, -0.2) is 9.82 Å². The molecular weight excluding hydrogens is 353 g/mol. The second-order valence-corrected chi connectivity index (χ2v) is 5.59. The average molecular weight is 373 g/mol. The summed E-state index contributed by atoms with van der Waals surface area (Å²) in [4.78, 5) is 24.2. The standard InChI is InChI=1S/C19H20FN3O4/c1-12(8-18(24)21-17-7-5-4-6-16(17)20)22-23-19(25)13-9-14(26-2)11-15(10-13)27-3/h4-7,9-11H,8H2,1-3H3,(H,21,24)(H,23,25)/b22-12+. The number of methoxy groups -OCH3 is 2. The maximum atomic E-state index is 13.5. The third kappa shape index (κ3) is 5.81. The molecule has 0 heterocycles. The lowest BCUT2D eigenvalue weighted by atomic mass is 10.2. The highest BCUT2D eigenvalue weighted by Crippen LogP contribution is 2.22. The predicted molar refractivity (Wildman–Crippen MR) is 99.8 cm³/mol. The second-order valence-electron chi connectivity index (χ2n) is 5.59. The summed E-state index contributed by atoms with van der Waals surface area (Å²) < 4.78 is 23.8. The van der Waals surface area contributed by atoms with E-state index >= 15 is 0 Å². The van der Waals surface area contributed by atoms with Gasteiger partial charge in [-0.15, -0.1) is 0 Å². The number of halogens is 1. The van der Waals surface area contributed by atoms with Crippen LogP contribution >= 0.6 is 0 Å². The Morgan fingerprint density at radius 3 is 2.30 bits per heavy atom. The van der Waals surface area contributed by atoms with E-state index in [0.717, 1.165) is 0 Å². The van der Waals surface area contributed by atoms with Crippen LogP contribution < -0.4 is 20.2 Å². The van der Waals surface area contributed by atoms with Crippen molar-refractivity contribution in [3.63, 3.8) is 0 Å². The molecule has 0 aliphatic carbocycles. The first-order valence-corrected chi connectivity index (χ1v) is 8.04. The number of hydrogen-bond donors (Lipinski definition) is 2. The van der Waals surface area contributed by atoms with E-state index < -0.39 is 17.6 Å². The molecule has 2 amide bonds. The minimum absolute atomic E-state index is 0.0859. The van der Waals surface area contributed by atoms with Crippen molar-refractivity contribution < 1.29 is 23.5 Å². The van der Waals surface area contributed by atoms with Crippen LogP contribution in [-0.4, -0.2) is 31.7 Å². The van der Waals surface area contributed by atoms with Gasteiger partial charge in [0.05, 0.1) is 26.3 Å². The topological polar surface area (TPSA) is 89.0 Å². The van der Waals surface area contributed by atoms with E-state index in [2.05, 4.69) is 15.8 Å². The van der Waals surface area contributed by atoms with Gasteiger partial charge in [-0.1, -0.05) is 12.1 Å². The Hall–Kier alpha value is -3.42. The lowest BCUT2D eigenvalue weighted by molar-refractivity contribution is -0.115. The number of nitrogens with zero attached hydrogens (tertiary/aromatic N) is 1. The van der Waals surface area contributed by atoms with Crippen molar-refractivity contribution in [3.8, 4) is 11.5 Å². The molecule has 142 valence electrons. The largest absolute Gasteiger partial charge is 0.497 e. The van der Waals surface area contributed by atoms with Crippen molar-refractivity contribution in [1.82, 2.24) is 5.43 Å². The Kier molecular flexibility index (Phi) is 6.87. The molecule has 27 heavy (non-hydrogen) atoms. The van der Waals surface area contributed by atoms with Crippen molar-refractivity contribution >= 4 is 23.2 Å². The molecule has 0 bridgehead atoms. The fourth-order valence-electron chi connectivity index (χ4n) is 2.18. The van der Waals surface area contributed by atoms with Crippen molar-refractivity contribution in [2.75, 3.05) is 19.5 Å². The lowest BCUT2D eigenvalue weighted by Crippen LogP contribution is -2.21. The van der Waals surface area contributed by atoms with Crippen LogP contribution in [0.15, 0.2) is 47.6 Å². The van der Waals surface area contributed by atoms with Crippen LogP contribution in [0.5, 0.6) is 11.5 Å². The number of anilines is 1. The Labute approximate surface area is 156 Å². The highest BCUT2D eigenvalue weighted by atomic mass is 19.1. The monoisotopic (exact) mass is 373 g/mol. The molecular formula is C19H20FN3O4. The molecule has 0 aliphatic heterocycles. The summed E-state index contributed by atoms with van der Waals surface area (Å²) in [6.45, 7) is 1.58. The van der Waals surface area contributed by atoms with E-state index in [0.29, 0.717) is 22.8 Å².